The van der Waals surface area contributed by atoms with E-state index in [4.69, 9.17) is 33.3 Å². The first-order chi connectivity index (χ1) is 8.62. The summed E-state index contributed by atoms with van der Waals surface area (Å²) in [7, 11) is 4.78. The molecule has 0 aliphatic heterocycles. The summed E-state index contributed by atoms with van der Waals surface area (Å²) in [5.74, 6) is 1.04. The minimum absolute atomic E-state index is 0.429. The number of hydrogen-bond donors (Lipinski definition) is 2. The molecule has 0 saturated heterocycles. The normalized spacial score (nSPS) is 10.2. The van der Waals surface area contributed by atoms with Gasteiger partial charge in [-0.1, -0.05) is 11.6 Å². The standard InChI is InChI=1S/C11H14ClN3O2S/c1-13-11(18)15-14-6-7-4-8(12)10(17-3)9(5-7)16-2/h4-6H,1-3H3,(H2,13,15,18)/b14-6+. The fraction of sp³-hybridized carbons (Fsp3) is 0.273. The van der Waals surface area contributed by atoms with Crippen LogP contribution in [0.15, 0.2) is 17.2 Å². The van der Waals surface area contributed by atoms with Crippen LogP contribution >= 0.6 is 23.8 Å². The van der Waals surface area contributed by atoms with Crippen LogP contribution in [0.1, 0.15) is 5.56 Å². The van der Waals surface area contributed by atoms with Crippen molar-refractivity contribution < 1.29 is 9.47 Å². The number of rotatable bonds is 4. The summed E-state index contributed by atoms with van der Waals surface area (Å²) in [4.78, 5) is 0. The predicted molar refractivity (Wildman–Crippen MR) is 76.9 cm³/mol. The van der Waals surface area contributed by atoms with E-state index in [9.17, 15) is 0 Å². The zero-order chi connectivity index (χ0) is 13.5. The average Bonchev–Trinajstić information content (AvgIpc) is 2.37. The van der Waals surface area contributed by atoms with E-state index in [0.29, 0.717) is 21.6 Å². The van der Waals surface area contributed by atoms with Crippen molar-refractivity contribution in [3.8, 4) is 11.5 Å². The highest BCUT2D eigenvalue weighted by Gasteiger charge is 2.09. The number of ether oxygens (including phenoxy) is 2. The zero-order valence-corrected chi connectivity index (χ0v) is 11.9. The van der Waals surface area contributed by atoms with Crippen LogP contribution in [0, 0.1) is 0 Å². The zero-order valence-electron chi connectivity index (χ0n) is 10.3. The molecule has 0 saturated carbocycles. The van der Waals surface area contributed by atoms with E-state index in [1.807, 2.05) is 0 Å². The molecule has 1 aromatic rings. The van der Waals surface area contributed by atoms with Crippen LogP contribution < -0.4 is 20.2 Å². The molecule has 0 amide bonds. The SMILES string of the molecule is CNC(=S)N/N=C/c1cc(Cl)c(OC)c(OC)c1. The number of hydrazone groups is 1. The van der Waals surface area contributed by atoms with Crippen molar-refractivity contribution in [3.63, 3.8) is 0 Å². The molecule has 7 heteroatoms. The van der Waals surface area contributed by atoms with E-state index >= 15 is 0 Å². The van der Waals surface area contributed by atoms with Crippen molar-refractivity contribution in [2.75, 3.05) is 21.3 Å². The van der Waals surface area contributed by atoms with Gasteiger partial charge in [0, 0.05) is 7.05 Å². The number of hydrogen-bond acceptors (Lipinski definition) is 4. The van der Waals surface area contributed by atoms with E-state index in [2.05, 4.69) is 15.8 Å². The molecule has 0 aliphatic carbocycles. The van der Waals surface area contributed by atoms with Crippen LogP contribution in [0.2, 0.25) is 5.02 Å². The second-order valence-corrected chi connectivity index (χ2v) is 4.00. The Kier molecular flexibility index (Phi) is 5.67. The molecule has 5 nitrogen and oxygen atoms in total. The molecule has 0 atom stereocenters. The van der Waals surface area contributed by atoms with Gasteiger partial charge in [0.1, 0.15) is 0 Å². The summed E-state index contributed by atoms with van der Waals surface area (Å²) in [6.45, 7) is 0. The number of nitrogens with zero attached hydrogens (tertiary/aromatic N) is 1. The summed E-state index contributed by atoms with van der Waals surface area (Å²) < 4.78 is 10.3. The number of methoxy groups -OCH3 is 2. The highest BCUT2D eigenvalue weighted by atomic mass is 35.5. The Hall–Kier alpha value is -1.53. The maximum atomic E-state index is 6.06. The van der Waals surface area contributed by atoms with Gasteiger partial charge in [-0.25, -0.2) is 0 Å². The molecule has 1 rings (SSSR count). The smallest absolute Gasteiger partial charge is 0.186 e. The molecule has 18 heavy (non-hydrogen) atoms. The second-order valence-electron chi connectivity index (χ2n) is 3.19. The van der Waals surface area contributed by atoms with Crippen LogP contribution in [-0.4, -0.2) is 32.6 Å². The molecule has 0 radical (unpaired) electrons. The fourth-order valence-electron chi connectivity index (χ4n) is 1.23. The van der Waals surface area contributed by atoms with Crippen molar-refractivity contribution in [2.24, 2.45) is 5.10 Å². The highest BCUT2D eigenvalue weighted by molar-refractivity contribution is 7.80. The summed E-state index contributed by atoms with van der Waals surface area (Å²) in [6.07, 6.45) is 1.58. The van der Waals surface area contributed by atoms with E-state index in [1.165, 1.54) is 7.11 Å². The van der Waals surface area contributed by atoms with Crippen LogP contribution in [0.25, 0.3) is 0 Å². The lowest BCUT2D eigenvalue weighted by Gasteiger charge is -2.09. The van der Waals surface area contributed by atoms with Crippen molar-refractivity contribution in [1.82, 2.24) is 10.7 Å². The quantitative estimate of drug-likeness (QED) is 0.502. The number of benzene rings is 1. The van der Waals surface area contributed by atoms with Crippen LogP contribution in [0.5, 0.6) is 11.5 Å². The molecule has 0 spiro atoms. The molecule has 0 heterocycles. The van der Waals surface area contributed by atoms with Crippen molar-refractivity contribution in [3.05, 3.63) is 22.7 Å². The number of nitrogens with one attached hydrogen (secondary N) is 2. The van der Waals surface area contributed by atoms with Crippen LogP contribution in [0.4, 0.5) is 0 Å². The van der Waals surface area contributed by atoms with Gasteiger partial charge in [-0.3, -0.25) is 5.43 Å². The van der Waals surface area contributed by atoms with E-state index < -0.39 is 0 Å². The molecular formula is C11H14ClN3O2S. The van der Waals surface area contributed by atoms with Crippen molar-refractivity contribution >= 4 is 35.1 Å². The minimum atomic E-state index is 0.429. The van der Waals surface area contributed by atoms with Gasteiger partial charge in [-0.2, -0.15) is 5.10 Å². The van der Waals surface area contributed by atoms with Gasteiger partial charge >= 0.3 is 0 Å². The van der Waals surface area contributed by atoms with Gasteiger partial charge in [0.25, 0.3) is 0 Å². The van der Waals surface area contributed by atoms with E-state index in [1.54, 1.807) is 32.5 Å². The Bertz CT molecular complexity index is 466. The van der Waals surface area contributed by atoms with Gasteiger partial charge < -0.3 is 14.8 Å². The second kappa shape index (κ2) is 7.03. The van der Waals surface area contributed by atoms with E-state index in [-0.39, 0.29) is 0 Å². The van der Waals surface area contributed by atoms with Gasteiger partial charge in [-0.15, -0.1) is 0 Å². The summed E-state index contributed by atoms with van der Waals surface area (Å²) in [6, 6.07) is 3.48. The summed E-state index contributed by atoms with van der Waals surface area (Å²) in [5.41, 5.74) is 3.41. The fourth-order valence-corrected chi connectivity index (χ4v) is 1.58. The Morgan fingerprint density at radius 3 is 2.67 bits per heavy atom. The van der Waals surface area contributed by atoms with Gasteiger partial charge in [-0.05, 0) is 29.9 Å². The number of halogens is 1. The molecule has 0 bridgehead atoms. The molecule has 0 unspecified atom stereocenters. The van der Waals surface area contributed by atoms with Gasteiger partial charge in [0.2, 0.25) is 0 Å². The predicted octanol–water partition coefficient (Wildman–Crippen LogP) is 1.78. The molecule has 98 valence electrons. The highest BCUT2D eigenvalue weighted by Crippen LogP contribution is 2.35. The Balaban J connectivity index is 2.91. The molecule has 0 aromatic heterocycles. The Labute approximate surface area is 116 Å². The molecule has 0 fully saturated rings. The third-order valence-electron chi connectivity index (χ3n) is 2.06. The van der Waals surface area contributed by atoms with Crippen molar-refractivity contribution in [1.29, 1.82) is 0 Å². The lowest BCUT2D eigenvalue weighted by atomic mass is 10.2. The van der Waals surface area contributed by atoms with E-state index in [0.717, 1.165) is 5.56 Å². The first-order valence-electron chi connectivity index (χ1n) is 5.04. The number of thiocarbonyl (C=S) groups is 1. The van der Waals surface area contributed by atoms with Gasteiger partial charge in [0.05, 0.1) is 25.5 Å². The lowest BCUT2D eigenvalue weighted by Crippen LogP contribution is -2.28. The Morgan fingerprint density at radius 1 is 1.39 bits per heavy atom. The summed E-state index contributed by atoms with van der Waals surface area (Å²) >= 11 is 10.9. The topological polar surface area (TPSA) is 54.9 Å². The van der Waals surface area contributed by atoms with Crippen molar-refractivity contribution in [2.45, 2.75) is 0 Å². The molecule has 1 aromatic carbocycles. The minimum Gasteiger partial charge on any atom is -0.493 e. The molecular weight excluding hydrogens is 274 g/mol. The van der Waals surface area contributed by atoms with Crippen LogP contribution in [-0.2, 0) is 0 Å². The first-order valence-corrected chi connectivity index (χ1v) is 5.83. The lowest BCUT2D eigenvalue weighted by molar-refractivity contribution is 0.355. The van der Waals surface area contributed by atoms with Crippen LogP contribution in [0.3, 0.4) is 0 Å². The largest absolute Gasteiger partial charge is 0.493 e. The average molecular weight is 288 g/mol. The first kappa shape index (κ1) is 14.5. The third kappa shape index (κ3) is 3.75. The third-order valence-corrected chi connectivity index (χ3v) is 2.64. The maximum absolute atomic E-state index is 6.06. The molecule has 0 aliphatic rings. The summed E-state index contributed by atoms with van der Waals surface area (Å²) in [5, 5.41) is 7.57. The van der Waals surface area contributed by atoms with Gasteiger partial charge in [0.15, 0.2) is 16.6 Å². The Morgan fingerprint density at radius 2 is 2.11 bits per heavy atom. The monoisotopic (exact) mass is 287 g/mol. The molecule has 2 N–H and O–H groups in total. The maximum Gasteiger partial charge on any atom is 0.186 e.